The summed E-state index contributed by atoms with van der Waals surface area (Å²) in [6.07, 6.45) is -0.600. The maximum absolute atomic E-state index is 13.0. The molecule has 1 heterocycles. The second kappa shape index (κ2) is 5.68. The summed E-state index contributed by atoms with van der Waals surface area (Å²) in [5.74, 6) is -1.48. The van der Waals surface area contributed by atoms with Crippen molar-refractivity contribution in [1.82, 2.24) is 0 Å². The van der Waals surface area contributed by atoms with E-state index in [1.54, 1.807) is 52.0 Å². The summed E-state index contributed by atoms with van der Waals surface area (Å²) >= 11 is 0. The van der Waals surface area contributed by atoms with Crippen LogP contribution in [0.4, 0.5) is 0 Å². The summed E-state index contributed by atoms with van der Waals surface area (Å²) in [6, 6.07) is 6.86. The Kier molecular flexibility index (Phi) is 4.33. The van der Waals surface area contributed by atoms with Gasteiger partial charge in [-0.2, -0.15) is 0 Å². The molecule has 0 saturated carbocycles. The van der Waals surface area contributed by atoms with Crippen molar-refractivity contribution < 1.29 is 23.1 Å². The zero-order chi connectivity index (χ0) is 14.9. The number of fused-ring (bicyclic) bond motifs is 1. The topological polar surface area (TPSA) is 61.8 Å². The summed E-state index contributed by atoms with van der Waals surface area (Å²) in [5.41, 5.74) is 0.972. The molecule has 0 aromatic heterocycles. The van der Waals surface area contributed by atoms with Gasteiger partial charge < -0.3 is 13.8 Å². The molecule has 0 saturated heterocycles. The molecular formula is C14H19O5P. The Hall–Kier alpha value is -1.16. The largest absolute Gasteiger partial charge is 0.441 e. The van der Waals surface area contributed by atoms with Gasteiger partial charge in [0, 0.05) is 5.56 Å². The van der Waals surface area contributed by atoms with Crippen LogP contribution in [0.2, 0.25) is 0 Å². The summed E-state index contributed by atoms with van der Waals surface area (Å²) < 4.78 is 29.3. The van der Waals surface area contributed by atoms with Gasteiger partial charge in [0.1, 0.15) is 0 Å². The highest BCUT2D eigenvalue weighted by molar-refractivity contribution is 7.54. The van der Waals surface area contributed by atoms with Crippen LogP contribution in [-0.2, 0) is 18.3 Å². The first-order chi connectivity index (χ1) is 9.33. The smallest absolute Gasteiger partial charge is 0.376 e. The van der Waals surface area contributed by atoms with Crippen LogP contribution < -0.4 is 0 Å². The molecule has 0 fully saturated rings. The average Bonchev–Trinajstić information content (AvgIpc) is 2.66. The summed E-state index contributed by atoms with van der Waals surface area (Å²) in [4.78, 5) is 11.8. The fourth-order valence-corrected chi connectivity index (χ4v) is 4.32. The predicted molar refractivity (Wildman–Crippen MR) is 74.6 cm³/mol. The number of esters is 1. The molecule has 0 radical (unpaired) electrons. The number of rotatable bonds is 5. The number of ether oxygens (including phenoxy) is 1. The maximum atomic E-state index is 13.0. The molecular weight excluding hydrogens is 279 g/mol. The van der Waals surface area contributed by atoms with Crippen molar-refractivity contribution in [3.05, 3.63) is 35.4 Å². The van der Waals surface area contributed by atoms with E-state index in [9.17, 15) is 9.36 Å². The third-order valence-corrected chi connectivity index (χ3v) is 5.06. The van der Waals surface area contributed by atoms with Gasteiger partial charge in [0.05, 0.1) is 17.8 Å². The SMILES string of the molecule is CC(C)OP(=O)(OC(C)C)C1OC(=O)c2ccccc21. The Labute approximate surface area is 118 Å². The zero-order valence-electron chi connectivity index (χ0n) is 12.0. The van der Waals surface area contributed by atoms with Crippen LogP contribution in [-0.4, -0.2) is 18.2 Å². The van der Waals surface area contributed by atoms with Crippen molar-refractivity contribution in [2.45, 2.75) is 45.7 Å². The van der Waals surface area contributed by atoms with E-state index in [4.69, 9.17) is 13.8 Å². The summed E-state index contributed by atoms with van der Waals surface area (Å²) in [7, 11) is -3.59. The average molecular weight is 298 g/mol. The third kappa shape index (κ3) is 2.95. The quantitative estimate of drug-likeness (QED) is 0.609. The number of carbonyl (C=O) groups is 1. The van der Waals surface area contributed by atoms with Gasteiger partial charge in [-0.05, 0) is 33.8 Å². The van der Waals surface area contributed by atoms with Crippen LogP contribution in [0, 0.1) is 0 Å². The van der Waals surface area contributed by atoms with Crippen LogP contribution in [0.25, 0.3) is 0 Å². The minimum Gasteiger partial charge on any atom is -0.441 e. The van der Waals surface area contributed by atoms with Crippen molar-refractivity contribution in [2.75, 3.05) is 0 Å². The number of benzene rings is 1. The molecule has 1 aromatic rings. The zero-order valence-corrected chi connectivity index (χ0v) is 12.9. The number of cyclic esters (lactones) is 1. The first kappa shape index (κ1) is 15.2. The van der Waals surface area contributed by atoms with Crippen molar-refractivity contribution >= 4 is 13.6 Å². The monoisotopic (exact) mass is 298 g/mol. The van der Waals surface area contributed by atoms with E-state index < -0.39 is 19.4 Å². The molecule has 1 unspecified atom stereocenters. The fraction of sp³-hybridized carbons (Fsp3) is 0.500. The Bertz CT molecular complexity index is 538. The van der Waals surface area contributed by atoms with Crippen LogP contribution in [0.3, 0.4) is 0 Å². The molecule has 0 bridgehead atoms. The number of hydrogen-bond donors (Lipinski definition) is 0. The minimum absolute atomic E-state index is 0.300. The molecule has 2 rings (SSSR count). The van der Waals surface area contributed by atoms with E-state index in [0.29, 0.717) is 11.1 Å². The van der Waals surface area contributed by atoms with Gasteiger partial charge in [0.25, 0.3) is 0 Å². The van der Waals surface area contributed by atoms with Crippen molar-refractivity contribution in [2.24, 2.45) is 0 Å². The summed E-state index contributed by atoms with van der Waals surface area (Å²) in [6.45, 7) is 7.05. The van der Waals surface area contributed by atoms with Gasteiger partial charge >= 0.3 is 13.6 Å². The highest BCUT2D eigenvalue weighted by atomic mass is 31.2. The fourth-order valence-electron chi connectivity index (χ4n) is 2.08. The maximum Gasteiger partial charge on any atom is 0.376 e. The lowest BCUT2D eigenvalue weighted by molar-refractivity contribution is 0.0392. The van der Waals surface area contributed by atoms with E-state index in [1.165, 1.54) is 0 Å². The van der Waals surface area contributed by atoms with Crippen LogP contribution in [0.1, 0.15) is 49.5 Å². The van der Waals surface area contributed by atoms with Crippen molar-refractivity contribution in [3.8, 4) is 0 Å². The Morgan fingerprint density at radius 1 is 1.10 bits per heavy atom. The van der Waals surface area contributed by atoms with E-state index in [-0.39, 0.29) is 12.2 Å². The highest BCUT2D eigenvalue weighted by Gasteiger charge is 2.47. The molecule has 0 aliphatic carbocycles. The molecule has 5 nitrogen and oxygen atoms in total. The lowest BCUT2D eigenvalue weighted by Gasteiger charge is -2.26. The first-order valence-electron chi connectivity index (χ1n) is 6.60. The summed E-state index contributed by atoms with van der Waals surface area (Å²) in [5, 5.41) is 0. The van der Waals surface area contributed by atoms with Crippen LogP contribution in [0.15, 0.2) is 24.3 Å². The Balaban J connectivity index is 2.41. The molecule has 110 valence electrons. The van der Waals surface area contributed by atoms with Crippen molar-refractivity contribution in [1.29, 1.82) is 0 Å². The number of hydrogen-bond acceptors (Lipinski definition) is 5. The molecule has 0 spiro atoms. The van der Waals surface area contributed by atoms with Crippen LogP contribution in [0.5, 0.6) is 0 Å². The molecule has 6 heteroatoms. The second-order valence-corrected chi connectivity index (χ2v) is 7.16. The minimum atomic E-state index is -3.59. The van der Waals surface area contributed by atoms with E-state index in [1.807, 2.05) is 0 Å². The van der Waals surface area contributed by atoms with Gasteiger partial charge in [-0.15, -0.1) is 0 Å². The third-order valence-electron chi connectivity index (χ3n) is 2.67. The van der Waals surface area contributed by atoms with Gasteiger partial charge in [0.15, 0.2) is 0 Å². The Morgan fingerprint density at radius 3 is 2.20 bits per heavy atom. The Morgan fingerprint density at radius 2 is 1.65 bits per heavy atom. The normalized spacial score (nSPS) is 18.5. The second-order valence-electron chi connectivity index (χ2n) is 5.19. The van der Waals surface area contributed by atoms with Gasteiger partial charge in [-0.3, -0.25) is 4.57 Å². The molecule has 1 aliphatic heterocycles. The van der Waals surface area contributed by atoms with E-state index in [2.05, 4.69) is 0 Å². The molecule has 1 aromatic carbocycles. The highest BCUT2D eigenvalue weighted by Crippen LogP contribution is 2.65. The molecule has 1 aliphatic rings. The molecule has 0 amide bonds. The standard InChI is InChI=1S/C14H19O5P/c1-9(2)18-20(16,19-10(3)4)14-12-8-6-5-7-11(12)13(15)17-14/h5-10,14H,1-4H3. The lowest BCUT2D eigenvalue weighted by Crippen LogP contribution is -2.13. The van der Waals surface area contributed by atoms with E-state index in [0.717, 1.165) is 0 Å². The molecule has 20 heavy (non-hydrogen) atoms. The van der Waals surface area contributed by atoms with E-state index >= 15 is 0 Å². The van der Waals surface area contributed by atoms with Crippen molar-refractivity contribution in [3.63, 3.8) is 0 Å². The number of carbonyl (C=O) groups excluding carboxylic acids is 1. The molecule has 0 N–H and O–H groups in total. The van der Waals surface area contributed by atoms with Gasteiger partial charge in [0.2, 0.25) is 5.85 Å². The first-order valence-corrected chi connectivity index (χ1v) is 8.21. The predicted octanol–water partition coefficient (Wildman–Crippen LogP) is 3.90. The molecule has 1 atom stereocenters. The van der Waals surface area contributed by atoms with Gasteiger partial charge in [-0.1, -0.05) is 18.2 Å². The van der Waals surface area contributed by atoms with Crippen LogP contribution >= 0.6 is 7.60 Å². The van der Waals surface area contributed by atoms with Gasteiger partial charge in [-0.25, -0.2) is 4.79 Å². The lowest BCUT2D eigenvalue weighted by atomic mass is 10.1.